The summed E-state index contributed by atoms with van der Waals surface area (Å²) in [6.45, 7) is 5.03. The van der Waals surface area contributed by atoms with E-state index in [1.54, 1.807) is 0 Å². The van der Waals surface area contributed by atoms with Gasteiger partial charge in [0.25, 0.3) is 0 Å². The van der Waals surface area contributed by atoms with Gasteiger partial charge in [0.1, 0.15) is 11.6 Å². The lowest BCUT2D eigenvalue weighted by Gasteiger charge is -2.37. The van der Waals surface area contributed by atoms with Crippen LogP contribution < -0.4 is 29.3 Å². The molecular weight excluding hydrogens is 521 g/mol. The minimum absolute atomic E-state index is 0. The first-order valence-corrected chi connectivity index (χ1v) is 11.6. The van der Waals surface area contributed by atoms with Crippen LogP contribution in [0.5, 0.6) is 0 Å². The van der Waals surface area contributed by atoms with E-state index in [0.717, 1.165) is 35.1 Å². The predicted molar refractivity (Wildman–Crippen MR) is 128 cm³/mol. The molecule has 2 heterocycles. The van der Waals surface area contributed by atoms with E-state index in [-0.39, 0.29) is 36.0 Å². The van der Waals surface area contributed by atoms with Gasteiger partial charge in [-0.3, -0.25) is 0 Å². The van der Waals surface area contributed by atoms with Crippen LogP contribution in [0, 0.1) is 0 Å². The van der Waals surface area contributed by atoms with E-state index in [1.807, 2.05) is 12.1 Å². The molecule has 2 saturated heterocycles. The Morgan fingerprint density at radius 3 is 1.97 bits per heavy atom. The molecule has 0 spiro atoms. The van der Waals surface area contributed by atoms with E-state index in [4.69, 9.17) is 0 Å². The van der Waals surface area contributed by atoms with E-state index in [2.05, 4.69) is 103 Å². The Kier molecular flexibility index (Phi) is 6.82. The maximum atomic E-state index is 13.4. The minimum Gasteiger partial charge on any atom is -1.00 e. The Balaban J connectivity index is 0.00000259. The third-order valence-corrected chi connectivity index (χ3v) is 7.78. The van der Waals surface area contributed by atoms with E-state index < -0.39 is 5.54 Å². The van der Waals surface area contributed by atoms with Crippen molar-refractivity contribution >= 4 is 6.03 Å². The first kappa shape index (κ1) is 23.8. The molecule has 5 rings (SSSR count). The monoisotopic (exact) mass is 553 g/mol. The smallest absolute Gasteiger partial charge is 0.319 e. The van der Waals surface area contributed by atoms with Crippen molar-refractivity contribution in [3.05, 3.63) is 108 Å². The lowest BCUT2D eigenvalue weighted by atomic mass is 9.83. The van der Waals surface area contributed by atoms with E-state index in [0.29, 0.717) is 12.6 Å². The number of urea groups is 1. The molecule has 4 nitrogen and oxygen atoms in total. The summed E-state index contributed by atoms with van der Waals surface area (Å²) in [5.41, 5.74) is 3.12. The van der Waals surface area contributed by atoms with Gasteiger partial charge in [-0.15, -0.1) is 0 Å². The van der Waals surface area contributed by atoms with Gasteiger partial charge in [0, 0.05) is 12.0 Å². The molecule has 33 heavy (non-hydrogen) atoms. The van der Waals surface area contributed by atoms with Gasteiger partial charge in [0.15, 0.2) is 0 Å². The summed E-state index contributed by atoms with van der Waals surface area (Å²) in [5, 5.41) is 3.40. The van der Waals surface area contributed by atoms with Gasteiger partial charge in [-0.05, 0) is 18.1 Å². The van der Waals surface area contributed by atoms with Crippen molar-refractivity contribution in [1.82, 2.24) is 10.2 Å². The van der Waals surface area contributed by atoms with Crippen LogP contribution in [0.4, 0.5) is 4.79 Å². The highest BCUT2D eigenvalue weighted by Gasteiger charge is 2.51. The van der Waals surface area contributed by atoms with Gasteiger partial charge >= 0.3 is 6.03 Å². The number of carbonyl (C=O) groups excluding carboxylic acids is 1. The fourth-order valence-corrected chi connectivity index (χ4v) is 5.66. The highest BCUT2D eigenvalue weighted by Crippen LogP contribution is 2.39. The molecule has 2 aliphatic heterocycles. The summed E-state index contributed by atoms with van der Waals surface area (Å²) < 4.78 is 0.960. The fourth-order valence-electron chi connectivity index (χ4n) is 5.66. The van der Waals surface area contributed by atoms with Gasteiger partial charge in [0.2, 0.25) is 0 Å². The number of quaternary nitrogens is 1. The molecule has 2 fully saturated rings. The first-order chi connectivity index (χ1) is 15.5. The number of rotatable bonds is 5. The fraction of sp³-hybridized carbons (Fsp3) is 0.321. The van der Waals surface area contributed by atoms with Crippen LogP contribution >= 0.6 is 0 Å². The third-order valence-electron chi connectivity index (χ3n) is 7.78. The van der Waals surface area contributed by atoms with Crippen LogP contribution in [-0.2, 0) is 5.54 Å². The molecule has 3 unspecified atom stereocenters. The van der Waals surface area contributed by atoms with Crippen molar-refractivity contribution in [3.8, 4) is 0 Å². The Morgan fingerprint density at radius 2 is 1.42 bits per heavy atom. The zero-order chi connectivity index (χ0) is 22.2. The standard InChI is InChI=1S/C28H31N3O.HI/c1-22(23-12-6-3-7-13-23)31(2)19-18-26(20-31)30-21-28(29-27(30)32,24-14-8-4-9-15-24)25-16-10-5-11-17-25;/h3-17,22,26H,18-21H2,1-2H3;1H. The molecule has 172 valence electrons. The van der Waals surface area contributed by atoms with Crippen molar-refractivity contribution in [3.63, 3.8) is 0 Å². The summed E-state index contributed by atoms with van der Waals surface area (Å²) in [5.74, 6) is 0. The first-order valence-electron chi connectivity index (χ1n) is 11.6. The number of nitrogens with one attached hydrogen (secondary N) is 1. The predicted octanol–water partition coefficient (Wildman–Crippen LogP) is 1.94. The average Bonchev–Trinajstić information content (AvgIpc) is 3.42. The maximum absolute atomic E-state index is 13.4. The molecular formula is C28H32IN3O. The molecule has 3 atom stereocenters. The Hall–Kier alpha value is -2.38. The molecule has 0 radical (unpaired) electrons. The van der Waals surface area contributed by atoms with Crippen molar-refractivity contribution in [2.75, 3.05) is 26.7 Å². The lowest BCUT2D eigenvalue weighted by molar-refractivity contribution is -0.927. The number of benzene rings is 3. The van der Waals surface area contributed by atoms with Crippen LogP contribution in [-0.4, -0.2) is 48.1 Å². The van der Waals surface area contributed by atoms with Gasteiger partial charge in [-0.25, -0.2) is 4.79 Å². The molecule has 2 aliphatic rings. The average molecular weight is 553 g/mol. The summed E-state index contributed by atoms with van der Waals surface area (Å²) in [6, 6.07) is 32.2. The second kappa shape index (κ2) is 9.47. The third kappa shape index (κ3) is 4.28. The van der Waals surface area contributed by atoms with Gasteiger partial charge in [-0.1, -0.05) is 91.0 Å². The number of hydrogen-bond acceptors (Lipinski definition) is 1. The zero-order valence-corrected chi connectivity index (χ0v) is 21.5. The number of halogens is 1. The Labute approximate surface area is 214 Å². The van der Waals surface area contributed by atoms with Crippen LogP contribution in [0.1, 0.15) is 36.1 Å². The molecule has 3 aromatic carbocycles. The molecule has 0 bridgehead atoms. The normalized spacial score (nSPS) is 24.7. The number of hydrogen-bond donors (Lipinski definition) is 1. The zero-order valence-electron chi connectivity index (χ0n) is 19.3. The van der Waals surface area contributed by atoms with Crippen molar-refractivity contribution in [1.29, 1.82) is 0 Å². The maximum Gasteiger partial charge on any atom is 0.319 e. The number of likely N-dealkylation sites (N-methyl/N-ethyl adjacent to an activating group) is 1. The highest BCUT2D eigenvalue weighted by molar-refractivity contribution is 5.80. The molecule has 0 saturated carbocycles. The van der Waals surface area contributed by atoms with Crippen molar-refractivity contribution in [2.45, 2.75) is 31.0 Å². The van der Waals surface area contributed by atoms with Crippen LogP contribution in [0.3, 0.4) is 0 Å². The second-order valence-electron chi connectivity index (χ2n) is 9.61. The largest absolute Gasteiger partial charge is 1.00 e. The second-order valence-corrected chi connectivity index (χ2v) is 9.61. The van der Waals surface area contributed by atoms with Crippen molar-refractivity contribution < 1.29 is 33.3 Å². The quantitative estimate of drug-likeness (QED) is 0.381. The van der Waals surface area contributed by atoms with E-state index in [9.17, 15) is 4.79 Å². The minimum atomic E-state index is -0.517. The SMILES string of the molecule is CC(c1ccccc1)[N+]1(C)CCC(N2CC(c3ccccc3)(c3ccccc3)NC2=O)C1.[I-]. The Bertz CT molecular complexity index is 1040. The molecule has 5 heteroatoms. The number of likely N-dealkylation sites (tertiary alicyclic amines) is 1. The van der Waals surface area contributed by atoms with Gasteiger partial charge in [-0.2, -0.15) is 0 Å². The number of amides is 2. The van der Waals surface area contributed by atoms with Crippen LogP contribution in [0.25, 0.3) is 0 Å². The summed E-state index contributed by atoms with van der Waals surface area (Å²) in [7, 11) is 2.34. The van der Waals surface area contributed by atoms with Crippen LogP contribution in [0.2, 0.25) is 0 Å². The molecule has 0 aromatic heterocycles. The van der Waals surface area contributed by atoms with Gasteiger partial charge in [0.05, 0.1) is 32.7 Å². The summed E-state index contributed by atoms with van der Waals surface area (Å²) in [6.07, 6.45) is 1.03. The molecule has 3 aromatic rings. The lowest BCUT2D eigenvalue weighted by Crippen LogP contribution is -3.00. The van der Waals surface area contributed by atoms with Gasteiger partial charge < -0.3 is 38.7 Å². The van der Waals surface area contributed by atoms with E-state index >= 15 is 0 Å². The molecule has 1 N–H and O–H groups in total. The van der Waals surface area contributed by atoms with Crippen molar-refractivity contribution in [2.24, 2.45) is 0 Å². The van der Waals surface area contributed by atoms with Crippen LogP contribution in [0.15, 0.2) is 91.0 Å². The topological polar surface area (TPSA) is 32.3 Å². The van der Waals surface area contributed by atoms with E-state index in [1.165, 1.54) is 5.56 Å². The number of carbonyl (C=O) groups is 1. The summed E-state index contributed by atoms with van der Waals surface area (Å²) in [4.78, 5) is 15.5. The molecule has 0 aliphatic carbocycles. The number of nitrogens with zero attached hydrogens (tertiary/aromatic N) is 2. The highest BCUT2D eigenvalue weighted by atomic mass is 127. The Morgan fingerprint density at radius 1 is 0.909 bits per heavy atom. The summed E-state index contributed by atoms with van der Waals surface area (Å²) >= 11 is 0. The molecule has 2 amide bonds.